The number of hydrogen-bond donors (Lipinski definition) is 1. The van der Waals surface area contributed by atoms with Crippen molar-refractivity contribution in [3.63, 3.8) is 0 Å². The van der Waals surface area contributed by atoms with Gasteiger partial charge in [-0.05, 0) is 31.4 Å². The zero-order chi connectivity index (χ0) is 17.1. The van der Waals surface area contributed by atoms with Gasteiger partial charge >= 0.3 is 5.97 Å². The smallest absolute Gasteiger partial charge is 0.355 e. The number of pyridine rings is 1. The number of hydrogen-bond acceptors (Lipinski definition) is 6. The lowest BCUT2D eigenvalue weighted by atomic mass is 10.2. The van der Waals surface area contributed by atoms with Crippen molar-refractivity contribution >= 4 is 29.6 Å². The van der Waals surface area contributed by atoms with Gasteiger partial charge in [-0.3, -0.25) is 0 Å². The Labute approximate surface area is 148 Å². The lowest BCUT2D eigenvalue weighted by Gasteiger charge is -2.20. The van der Waals surface area contributed by atoms with Crippen LogP contribution in [0.1, 0.15) is 35.8 Å². The van der Waals surface area contributed by atoms with Crippen LogP contribution in [0.3, 0.4) is 0 Å². The van der Waals surface area contributed by atoms with E-state index < -0.39 is 5.97 Å². The number of aromatic nitrogens is 3. The fourth-order valence-electron chi connectivity index (χ4n) is 2.43. The van der Waals surface area contributed by atoms with E-state index in [1.54, 1.807) is 12.1 Å². The second-order valence-corrected chi connectivity index (χ2v) is 6.48. The Morgan fingerprint density at radius 3 is 3.08 bits per heavy atom. The fourth-order valence-corrected chi connectivity index (χ4v) is 3.39. The molecule has 0 saturated carbocycles. The van der Waals surface area contributed by atoms with Crippen molar-refractivity contribution in [3.05, 3.63) is 34.6 Å². The average molecular weight is 370 g/mol. The van der Waals surface area contributed by atoms with Gasteiger partial charge in [-0.25, -0.2) is 14.5 Å². The molecule has 128 valence electrons. The number of rotatable bonds is 5. The first kappa shape index (κ1) is 17.1. The van der Waals surface area contributed by atoms with Crippen LogP contribution in [-0.2, 0) is 10.6 Å². The van der Waals surface area contributed by atoms with Crippen molar-refractivity contribution in [2.45, 2.75) is 31.6 Å². The molecule has 1 fully saturated rings. The largest absolute Gasteiger partial charge is 0.476 e. The van der Waals surface area contributed by atoms with E-state index in [-0.39, 0.29) is 22.8 Å². The Morgan fingerprint density at radius 2 is 2.46 bits per heavy atom. The van der Waals surface area contributed by atoms with Crippen molar-refractivity contribution in [3.8, 4) is 11.7 Å². The first-order valence-electron chi connectivity index (χ1n) is 7.52. The van der Waals surface area contributed by atoms with Crippen molar-refractivity contribution < 1.29 is 18.8 Å². The molecule has 1 saturated heterocycles. The number of carbonyl (C=O) groups is 1. The third kappa shape index (κ3) is 3.35. The molecule has 3 rings (SSSR count). The molecule has 0 aliphatic carbocycles. The molecular weight excluding hydrogens is 354 g/mol. The van der Waals surface area contributed by atoms with E-state index in [1.807, 2.05) is 6.92 Å². The highest BCUT2D eigenvalue weighted by Gasteiger charge is 2.28. The topological polar surface area (TPSA) is 86.5 Å². The molecule has 0 bridgehead atoms. The van der Waals surface area contributed by atoms with Crippen LogP contribution >= 0.6 is 23.6 Å². The summed E-state index contributed by atoms with van der Waals surface area (Å²) in [6.45, 7) is 2.54. The van der Waals surface area contributed by atoms with Gasteiger partial charge in [0.15, 0.2) is 16.9 Å². The summed E-state index contributed by atoms with van der Waals surface area (Å²) >= 11 is 7.39. The predicted molar refractivity (Wildman–Crippen MR) is 89.9 cm³/mol. The summed E-state index contributed by atoms with van der Waals surface area (Å²) in [7, 11) is 0. The van der Waals surface area contributed by atoms with Crippen LogP contribution in [0.15, 0.2) is 18.3 Å². The van der Waals surface area contributed by atoms with Crippen LogP contribution in [0.2, 0.25) is 5.02 Å². The molecular formula is C15H16ClN3O4S. The standard InChI is InChI=1S/C15H16ClN3O4S/c1-2-9-12(15(20)21)19(13-10(16)5-3-7-17-13)18-14(9)23-11-6-4-8-22-24-11/h3,5,7,11H,2,4,6,8H2,1H3,(H,20,21). The quantitative estimate of drug-likeness (QED) is 0.808. The Morgan fingerprint density at radius 1 is 1.62 bits per heavy atom. The van der Waals surface area contributed by atoms with Gasteiger partial charge in [0.1, 0.15) is 0 Å². The molecule has 0 amide bonds. The maximum absolute atomic E-state index is 11.8. The van der Waals surface area contributed by atoms with Crippen LogP contribution in [0, 0.1) is 0 Å². The van der Waals surface area contributed by atoms with E-state index in [1.165, 1.54) is 22.9 Å². The average Bonchev–Trinajstić information content (AvgIpc) is 2.94. The molecule has 0 aromatic carbocycles. The minimum Gasteiger partial charge on any atom is -0.476 e. The fraction of sp³-hybridized carbons (Fsp3) is 0.400. The Balaban J connectivity index is 2.05. The molecule has 24 heavy (non-hydrogen) atoms. The number of nitrogens with zero attached hydrogens (tertiary/aromatic N) is 3. The van der Waals surface area contributed by atoms with E-state index >= 15 is 0 Å². The van der Waals surface area contributed by atoms with Gasteiger partial charge in [0.2, 0.25) is 5.88 Å². The molecule has 0 radical (unpaired) electrons. The third-order valence-electron chi connectivity index (χ3n) is 3.53. The Hall–Kier alpha value is -1.77. The molecule has 0 spiro atoms. The zero-order valence-electron chi connectivity index (χ0n) is 12.9. The summed E-state index contributed by atoms with van der Waals surface area (Å²) in [6, 6.07) is 3.30. The number of carboxylic acid groups (broad SMARTS) is 1. The van der Waals surface area contributed by atoms with Gasteiger partial charge in [0, 0.05) is 23.8 Å². The van der Waals surface area contributed by atoms with Gasteiger partial charge in [-0.2, -0.15) is 0 Å². The molecule has 1 aliphatic rings. The summed E-state index contributed by atoms with van der Waals surface area (Å²) in [5, 5.41) is 14.3. The van der Waals surface area contributed by atoms with E-state index in [4.69, 9.17) is 20.5 Å². The summed E-state index contributed by atoms with van der Waals surface area (Å²) in [5.74, 6) is -0.572. The number of carboxylic acids is 1. The molecule has 1 unspecified atom stereocenters. The van der Waals surface area contributed by atoms with Gasteiger partial charge in [-0.1, -0.05) is 18.5 Å². The lowest BCUT2D eigenvalue weighted by Crippen LogP contribution is -2.18. The second-order valence-electron chi connectivity index (χ2n) is 5.12. The number of ether oxygens (including phenoxy) is 1. The summed E-state index contributed by atoms with van der Waals surface area (Å²) < 4.78 is 12.4. The summed E-state index contributed by atoms with van der Waals surface area (Å²) in [6.07, 6.45) is 3.69. The number of halogens is 1. The monoisotopic (exact) mass is 369 g/mol. The van der Waals surface area contributed by atoms with Crippen LogP contribution in [0.4, 0.5) is 0 Å². The van der Waals surface area contributed by atoms with Gasteiger partial charge in [0.05, 0.1) is 11.6 Å². The Kier molecular flexibility index (Phi) is 5.27. The maximum Gasteiger partial charge on any atom is 0.355 e. The SMILES string of the molecule is CCc1c(OC2CCCOS2)nn(-c2ncccc2Cl)c1C(=O)O. The van der Waals surface area contributed by atoms with Crippen LogP contribution in [0.25, 0.3) is 5.82 Å². The molecule has 2 aromatic heterocycles. The van der Waals surface area contributed by atoms with Crippen molar-refractivity contribution in [2.24, 2.45) is 0 Å². The van der Waals surface area contributed by atoms with Crippen LogP contribution in [0.5, 0.6) is 5.88 Å². The van der Waals surface area contributed by atoms with E-state index in [0.717, 1.165) is 12.8 Å². The molecule has 9 heteroatoms. The predicted octanol–water partition coefficient (Wildman–Crippen LogP) is 3.34. The highest BCUT2D eigenvalue weighted by atomic mass is 35.5. The van der Waals surface area contributed by atoms with E-state index in [0.29, 0.717) is 23.6 Å². The Bertz CT molecular complexity index is 746. The first-order chi connectivity index (χ1) is 11.6. The summed E-state index contributed by atoms with van der Waals surface area (Å²) in [4.78, 5) is 15.9. The number of aromatic carboxylic acids is 1. The van der Waals surface area contributed by atoms with Crippen LogP contribution < -0.4 is 4.74 Å². The van der Waals surface area contributed by atoms with Crippen LogP contribution in [-0.4, -0.2) is 37.9 Å². The third-order valence-corrected chi connectivity index (χ3v) is 4.67. The van der Waals surface area contributed by atoms with E-state index in [2.05, 4.69) is 10.1 Å². The minimum atomic E-state index is -1.11. The maximum atomic E-state index is 11.8. The van der Waals surface area contributed by atoms with Crippen molar-refractivity contribution in [2.75, 3.05) is 6.61 Å². The normalized spacial score (nSPS) is 17.7. The van der Waals surface area contributed by atoms with E-state index in [9.17, 15) is 9.90 Å². The molecule has 1 aliphatic heterocycles. The molecule has 1 atom stereocenters. The van der Waals surface area contributed by atoms with Gasteiger partial charge in [-0.15, -0.1) is 5.10 Å². The molecule has 7 nitrogen and oxygen atoms in total. The van der Waals surface area contributed by atoms with Crippen molar-refractivity contribution in [1.29, 1.82) is 0 Å². The first-order valence-corrected chi connectivity index (χ1v) is 8.71. The molecule has 3 heterocycles. The van der Waals surface area contributed by atoms with Crippen molar-refractivity contribution in [1.82, 2.24) is 14.8 Å². The minimum absolute atomic E-state index is 0.00910. The molecule has 2 aromatic rings. The highest BCUT2D eigenvalue weighted by Crippen LogP contribution is 2.32. The lowest BCUT2D eigenvalue weighted by molar-refractivity contribution is 0.0685. The van der Waals surface area contributed by atoms with Gasteiger partial charge < -0.3 is 14.0 Å². The highest BCUT2D eigenvalue weighted by molar-refractivity contribution is 7.95. The molecule has 1 N–H and O–H groups in total. The zero-order valence-corrected chi connectivity index (χ0v) is 14.5. The summed E-state index contributed by atoms with van der Waals surface area (Å²) in [5.41, 5.74) is 0.304. The second kappa shape index (κ2) is 7.42. The van der Waals surface area contributed by atoms with Gasteiger partial charge in [0.25, 0.3) is 0 Å².